The maximum atomic E-state index is 12.4. The number of piperazine rings is 1. The molecule has 8 heteroatoms. The van der Waals surface area contributed by atoms with Crippen LogP contribution in [0.25, 0.3) is 15.5 Å². The van der Waals surface area contributed by atoms with Crippen LogP contribution in [0, 0.1) is 0 Å². The predicted octanol–water partition coefficient (Wildman–Crippen LogP) is 1.23. The Hall–Kier alpha value is -2.29. The Morgan fingerprint density at radius 2 is 2.08 bits per heavy atom. The molecule has 0 saturated carbocycles. The van der Waals surface area contributed by atoms with Crippen LogP contribution in [-0.4, -0.2) is 52.8 Å². The van der Waals surface area contributed by atoms with E-state index in [1.54, 1.807) is 13.2 Å². The predicted molar refractivity (Wildman–Crippen MR) is 97.3 cm³/mol. The second kappa shape index (κ2) is 6.91. The fourth-order valence-electron chi connectivity index (χ4n) is 2.97. The number of ether oxygens (including phenoxy) is 1. The van der Waals surface area contributed by atoms with Gasteiger partial charge >= 0.3 is 0 Å². The van der Waals surface area contributed by atoms with Gasteiger partial charge in [-0.3, -0.25) is 9.69 Å². The molecule has 2 aromatic heterocycles. The van der Waals surface area contributed by atoms with E-state index in [2.05, 4.69) is 20.3 Å². The largest absolute Gasteiger partial charge is 0.496 e. The average Bonchev–Trinajstić information content (AvgIpc) is 3.07. The van der Waals surface area contributed by atoms with Crippen molar-refractivity contribution in [1.82, 2.24) is 24.8 Å². The topological polar surface area (TPSA) is 71.8 Å². The van der Waals surface area contributed by atoms with Crippen molar-refractivity contribution < 1.29 is 4.74 Å². The third-order valence-corrected chi connectivity index (χ3v) is 5.17. The number of rotatable bonds is 4. The van der Waals surface area contributed by atoms with Crippen LogP contribution in [0.5, 0.6) is 5.75 Å². The van der Waals surface area contributed by atoms with Crippen LogP contribution in [0.1, 0.15) is 5.69 Å². The van der Waals surface area contributed by atoms with Crippen LogP contribution in [0.4, 0.5) is 0 Å². The third-order valence-electron chi connectivity index (χ3n) is 4.23. The van der Waals surface area contributed by atoms with Crippen molar-refractivity contribution in [3.63, 3.8) is 0 Å². The van der Waals surface area contributed by atoms with Gasteiger partial charge in [-0.1, -0.05) is 23.5 Å². The molecule has 1 aliphatic heterocycles. The molecule has 0 amide bonds. The molecule has 1 saturated heterocycles. The third kappa shape index (κ3) is 3.28. The lowest BCUT2D eigenvalue weighted by molar-refractivity contribution is 0.231. The summed E-state index contributed by atoms with van der Waals surface area (Å²) in [5.74, 6) is 0.732. The number of nitrogens with one attached hydrogen (secondary N) is 1. The van der Waals surface area contributed by atoms with Crippen molar-refractivity contribution in [3.05, 3.63) is 46.4 Å². The lowest BCUT2D eigenvalue weighted by Crippen LogP contribution is -2.43. The average molecular weight is 357 g/mol. The van der Waals surface area contributed by atoms with Gasteiger partial charge in [0, 0.05) is 38.8 Å². The highest BCUT2D eigenvalue weighted by Crippen LogP contribution is 2.32. The molecule has 3 heterocycles. The molecule has 1 aliphatic rings. The number of hydrogen-bond acceptors (Lipinski definition) is 7. The van der Waals surface area contributed by atoms with E-state index in [-0.39, 0.29) is 5.56 Å². The maximum absolute atomic E-state index is 12.4. The minimum Gasteiger partial charge on any atom is -0.496 e. The van der Waals surface area contributed by atoms with Gasteiger partial charge in [0.05, 0.1) is 18.4 Å². The molecular formula is C17H19N5O2S. The van der Waals surface area contributed by atoms with Gasteiger partial charge in [-0.25, -0.2) is 4.98 Å². The molecule has 25 heavy (non-hydrogen) atoms. The Labute approximate surface area is 148 Å². The summed E-state index contributed by atoms with van der Waals surface area (Å²) in [5.41, 5.74) is 1.51. The van der Waals surface area contributed by atoms with Gasteiger partial charge in [0.15, 0.2) is 5.01 Å². The number of para-hydroxylation sites is 1. The summed E-state index contributed by atoms with van der Waals surface area (Å²) in [4.78, 5) is 20.0. The lowest BCUT2D eigenvalue weighted by Gasteiger charge is -2.26. The molecule has 0 spiro atoms. The van der Waals surface area contributed by atoms with Gasteiger partial charge in [-0.05, 0) is 12.1 Å². The van der Waals surface area contributed by atoms with Gasteiger partial charge in [0.2, 0.25) is 4.96 Å². The maximum Gasteiger partial charge on any atom is 0.275 e. The van der Waals surface area contributed by atoms with Crippen LogP contribution in [-0.2, 0) is 6.54 Å². The van der Waals surface area contributed by atoms with E-state index >= 15 is 0 Å². The quantitative estimate of drug-likeness (QED) is 0.757. The van der Waals surface area contributed by atoms with Gasteiger partial charge < -0.3 is 10.1 Å². The normalized spacial score (nSPS) is 15.6. The molecule has 1 fully saturated rings. The molecule has 0 radical (unpaired) electrons. The van der Waals surface area contributed by atoms with Gasteiger partial charge in [0.25, 0.3) is 5.56 Å². The van der Waals surface area contributed by atoms with Crippen molar-refractivity contribution >= 4 is 16.3 Å². The van der Waals surface area contributed by atoms with Crippen molar-refractivity contribution in [3.8, 4) is 16.3 Å². The van der Waals surface area contributed by atoms with E-state index in [0.717, 1.165) is 48.2 Å². The first-order valence-corrected chi connectivity index (χ1v) is 9.02. The highest BCUT2D eigenvalue weighted by Gasteiger charge is 2.16. The molecule has 7 nitrogen and oxygen atoms in total. The second-order valence-corrected chi connectivity index (χ2v) is 6.87. The molecule has 1 N–H and O–H groups in total. The van der Waals surface area contributed by atoms with Crippen LogP contribution in [0.15, 0.2) is 35.1 Å². The standard InChI is InChI=1S/C17H19N5O2S/c1-24-14-5-3-2-4-13(14)16-20-22-15(23)10-12(19-17(22)25-16)11-21-8-6-18-7-9-21/h2-5,10,18H,6-9,11H2,1H3. The summed E-state index contributed by atoms with van der Waals surface area (Å²) in [6.07, 6.45) is 0. The number of fused-ring (bicyclic) bond motifs is 1. The summed E-state index contributed by atoms with van der Waals surface area (Å²) >= 11 is 1.40. The van der Waals surface area contributed by atoms with Crippen molar-refractivity contribution in [1.29, 1.82) is 0 Å². The first-order valence-electron chi connectivity index (χ1n) is 8.21. The Kier molecular flexibility index (Phi) is 4.48. The number of methoxy groups -OCH3 is 1. The molecular weight excluding hydrogens is 338 g/mol. The van der Waals surface area contributed by atoms with Crippen LogP contribution >= 0.6 is 11.3 Å². The van der Waals surface area contributed by atoms with E-state index in [1.807, 2.05) is 24.3 Å². The van der Waals surface area contributed by atoms with Crippen molar-refractivity contribution in [2.75, 3.05) is 33.3 Å². The monoisotopic (exact) mass is 357 g/mol. The molecule has 1 aromatic carbocycles. The Morgan fingerprint density at radius 3 is 2.88 bits per heavy atom. The summed E-state index contributed by atoms with van der Waals surface area (Å²) in [6, 6.07) is 9.24. The van der Waals surface area contributed by atoms with Crippen LogP contribution in [0.3, 0.4) is 0 Å². The highest BCUT2D eigenvalue weighted by atomic mass is 32.1. The fraction of sp³-hybridized carbons (Fsp3) is 0.353. The molecule has 4 rings (SSSR count). The molecule has 0 atom stereocenters. The van der Waals surface area contributed by atoms with E-state index in [0.29, 0.717) is 11.5 Å². The summed E-state index contributed by atoms with van der Waals surface area (Å²) in [6.45, 7) is 4.57. The molecule has 130 valence electrons. The Morgan fingerprint density at radius 1 is 1.28 bits per heavy atom. The minimum absolute atomic E-state index is 0.146. The van der Waals surface area contributed by atoms with E-state index < -0.39 is 0 Å². The van der Waals surface area contributed by atoms with E-state index in [9.17, 15) is 4.79 Å². The molecule has 0 unspecified atom stereocenters. The van der Waals surface area contributed by atoms with E-state index in [1.165, 1.54) is 15.9 Å². The minimum atomic E-state index is -0.146. The smallest absolute Gasteiger partial charge is 0.275 e. The first kappa shape index (κ1) is 16.2. The van der Waals surface area contributed by atoms with Crippen molar-refractivity contribution in [2.45, 2.75) is 6.54 Å². The molecule has 3 aromatic rings. The number of benzene rings is 1. The highest BCUT2D eigenvalue weighted by molar-refractivity contribution is 7.19. The van der Waals surface area contributed by atoms with Gasteiger partial charge in [-0.15, -0.1) is 0 Å². The zero-order valence-electron chi connectivity index (χ0n) is 13.9. The summed E-state index contributed by atoms with van der Waals surface area (Å²) in [7, 11) is 1.63. The first-order chi connectivity index (χ1) is 12.2. The second-order valence-electron chi connectivity index (χ2n) is 5.91. The molecule has 0 aliphatic carbocycles. The Balaban J connectivity index is 1.70. The number of hydrogen-bond donors (Lipinski definition) is 1. The SMILES string of the molecule is COc1ccccc1-c1nn2c(=O)cc(CN3CCNCC3)nc2s1. The number of aromatic nitrogens is 3. The summed E-state index contributed by atoms with van der Waals surface area (Å²) in [5, 5.41) is 8.49. The Bertz CT molecular complexity index is 946. The van der Waals surface area contributed by atoms with Crippen LogP contribution in [0.2, 0.25) is 0 Å². The zero-order chi connectivity index (χ0) is 17.2. The van der Waals surface area contributed by atoms with Crippen LogP contribution < -0.4 is 15.6 Å². The molecule has 0 bridgehead atoms. The van der Waals surface area contributed by atoms with E-state index in [4.69, 9.17) is 4.74 Å². The van der Waals surface area contributed by atoms with Gasteiger partial charge in [-0.2, -0.15) is 9.61 Å². The lowest BCUT2D eigenvalue weighted by atomic mass is 10.2. The van der Waals surface area contributed by atoms with Gasteiger partial charge in [0.1, 0.15) is 5.75 Å². The summed E-state index contributed by atoms with van der Waals surface area (Å²) < 4.78 is 6.77. The van der Waals surface area contributed by atoms with Crippen molar-refractivity contribution in [2.24, 2.45) is 0 Å². The fourth-order valence-corrected chi connectivity index (χ4v) is 3.92. The zero-order valence-corrected chi connectivity index (χ0v) is 14.8. The number of nitrogens with zero attached hydrogens (tertiary/aromatic N) is 4.